The van der Waals surface area contributed by atoms with Crippen molar-refractivity contribution in [1.82, 2.24) is 9.80 Å². The topological polar surface area (TPSA) is 59.1 Å². The molecule has 2 atom stereocenters. The second-order valence-corrected chi connectivity index (χ2v) is 8.81. The van der Waals surface area contributed by atoms with E-state index in [1.54, 1.807) is 11.8 Å². The highest BCUT2D eigenvalue weighted by molar-refractivity contribution is 5.81. The summed E-state index contributed by atoms with van der Waals surface area (Å²) >= 11 is 0. The number of hydrogen-bond donors (Lipinski definition) is 0. The number of carbonyl (C=O) groups is 2. The smallest absolute Gasteiger partial charge is 0.263 e. The predicted octanol–water partition coefficient (Wildman–Crippen LogP) is 3.44. The van der Waals surface area contributed by atoms with Crippen molar-refractivity contribution in [2.24, 2.45) is 5.92 Å². The summed E-state index contributed by atoms with van der Waals surface area (Å²) in [5.41, 5.74) is 3.36. The van der Waals surface area contributed by atoms with Gasteiger partial charge in [0.1, 0.15) is 5.75 Å². The molecule has 0 radical (unpaired) electrons. The molecule has 0 bridgehead atoms. The first-order chi connectivity index (χ1) is 15.5. The Morgan fingerprint density at radius 3 is 2.38 bits per heavy atom. The third-order valence-corrected chi connectivity index (χ3v) is 6.22. The molecule has 32 heavy (non-hydrogen) atoms. The average Bonchev–Trinajstić information content (AvgIpc) is 2.83. The summed E-state index contributed by atoms with van der Waals surface area (Å²) in [6, 6.07) is 16.0. The lowest BCUT2D eigenvalue weighted by Crippen LogP contribution is -2.46. The Balaban J connectivity index is 1.62. The molecule has 0 N–H and O–H groups in total. The minimum Gasteiger partial charge on any atom is -0.481 e. The van der Waals surface area contributed by atoms with Gasteiger partial charge >= 0.3 is 0 Å². The van der Waals surface area contributed by atoms with Gasteiger partial charge in [-0.3, -0.25) is 9.59 Å². The third-order valence-electron chi connectivity index (χ3n) is 6.22. The van der Waals surface area contributed by atoms with E-state index in [1.165, 1.54) is 5.56 Å². The molecule has 1 saturated heterocycles. The van der Waals surface area contributed by atoms with Gasteiger partial charge in [0.05, 0.1) is 19.3 Å². The molecule has 170 valence electrons. The van der Waals surface area contributed by atoms with E-state index in [4.69, 9.17) is 9.47 Å². The van der Waals surface area contributed by atoms with Crippen LogP contribution in [0.4, 0.5) is 0 Å². The summed E-state index contributed by atoms with van der Waals surface area (Å²) in [7, 11) is 0. The molecule has 6 nitrogen and oxygen atoms in total. The Kier molecular flexibility index (Phi) is 6.80. The van der Waals surface area contributed by atoms with Crippen molar-refractivity contribution in [2.45, 2.75) is 39.3 Å². The quantitative estimate of drug-likeness (QED) is 0.721. The molecule has 0 spiro atoms. The summed E-state index contributed by atoms with van der Waals surface area (Å²) in [5.74, 6) is 0.694. The number of rotatable bonds is 5. The van der Waals surface area contributed by atoms with Crippen molar-refractivity contribution >= 4 is 11.8 Å². The fourth-order valence-electron chi connectivity index (χ4n) is 4.53. The predicted molar refractivity (Wildman–Crippen MR) is 122 cm³/mol. The van der Waals surface area contributed by atoms with E-state index in [-0.39, 0.29) is 23.8 Å². The average molecular weight is 437 g/mol. The summed E-state index contributed by atoms with van der Waals surface area (Å²) in [5, 5.41) is 0. The minimum atomic E-state index is -0.585. The first-order valence-corrected chi connectivity index (χ1v) is 11.5. The van der Waals surface area contributed by atoms with Crippen molar-refractivity contribution in [3.8, 4) is 5.75 Å². The zero-order valence-corrected chi connectivity index (χ0v) is 19.1. The van der Waals surface area contributed by atoms with Gasteiger partial charge in [-0.2, -0.15) is 0 Å². The molecule has 2 amide bonds. The lowest BCUT2D eigenvalue weighted by molar-refractivity contribution is -0.142. The number of amides is 2. The van der Waals surface area contributed by atoms with Crippen molar-refractivity contribution in [3.63, 3.8) is 0 Å². The lowest BCUT2D eigenvalue weighted by atomic mass is 9.87. The molecule has 0 aliphatic carbocycles. The number of nitrogens with zero attached hydrogens (tertiary/aromatic N) is 2. The van der Waals surface area contributed by atoms with Gasteiger partial charge in [-0.05, 0) is 42.2 Å². The molecular formula is C26H32N2O4. The van der Waals surface area contributed by atoms with Crippen molar-refractivity contribution < 1.29 is 19.1 Å². The van der Waals surface area contributed by atoms with Crippen molar-refractivity contribution in [2.75, 3.05) is 32.8 Å². The van der Waals surface area contributed by atoms with Crippen LogP contribution in [0.3, 0.4) is 0 Å². The van der Waals surface area contributed by atoms with Gasteiger partial charge in [0.25, 0.3) is 5.91 Å². The fourth-order valence-corrected chi connectivity index (χ4v) is 4.53. The molecular weight excluding hydrogens is 404 g/mol. The van der Waals surface area contributed by atoms with Gasteiger partial charge in [-0.15, -0.1) is 0 Å². The maximum absolute atomic E-state index is 13.1. The number of morpholine rings is 1. The number of fused-ring (bicyclic) bond motifs is 1. The monoisotopic (exact) mass is 436 g/mol. The van der Waals surface area contributed by atoms with E-state index < -0.39 is 6.10 Å². The highest BCUT2D eigenvalue weighted by Gasteiger charge is 2.33. The van der Waals surface area contributed by atoms with Gasteiger partial charge in [0.15, 0.2) is 6.10 Å². The molecule has 6 heteroatoms. The number of benzene rings is 2. The van der Waals surface area contributed by atoms with Gasteiger partial charge in [0, 0.05) is 25.6 Å². The Morgan fingerprint density at radius 1 is 0.969 bits per heavy atom. The lowest BCUT2D eigenvalue weighted by Gasteiger charge is -2.39. The van der Waals surface area contributed by atoms with Gasteiger partial charge < -0.3 is 19.3 Å². The zero-order chi connectivity index (χ0) is 22.7. The van der Waals surface area contributed by atoms with Gasteiger partial charge in [-0.25, -0.2) is 0 Å². The summed E-state index contributed by atoms with van der Waals surface area (Å²) in [6.07, 6.45) is 0.220. The van der Waals surface area contributed by atoms with Crippen LogP contribution < -0.4 is 4.74 Å². The fraction of sp³-hybridized carbons (Fsp3) is 0.462. The SMILES string of the molecule is CC(C)C(=O)N1CCc2ccc(O[C@H](C)C(=O)N3CCOCC3)cc2[C@H]1c1ccccc1. The molecule has 0 saturated carbocycles. The first kappa shape index (κ1) is 22.3. The van der Waals surface area contributed by atoms with E-state index in [1.807, 2.05) is 49.1 Å². The molecule has 4 rings (SSSR count). The molecule has 2 aliphatic heterocycles. The highest BCUT2D eigenvalue weighted by Crippen LogP contribution is 2.38. The Hall–Kier alpha value is -2.86. The van der Waals surface area contributed by atoms with Crippen LogP contribution in [0, 0.1) is 5.92 Å². The van der Waals surface area contributed by atoms with E-state index >= 15 is 0 Å². The summed E-state index contributed by atoms with van der Waals surface area (Å²) < 4.78 is 11.4. The molecule has 0 aromatic heterocycles. The van der Waals surface area contributed by atoms with E-state index in [0.29, 0.717) is 38.6 Å². The van der Waals surface area contributed by atoms with Crippen molar-refractivity contribution in [1.29, 1.82) is 0 Å². The van der Waals surface area contributed by atoms with Gasteiger partial charge in [-0.1, -0.05) is 50.2 Å². The summed E-state index contributed by atoms with van der Waals surface area (Å²) in [4.78, 5) is 29.6. The molecule has 1 fully saturated rings. The van der Waals surface area contributed by atoms with Gasteiger partial charge in [0.2, 0.25) is 5.91 Å². The molecule has 2 heterocycles. The maximum Gasteiger partial charge on any atom is 0.263 e. The molecule has 2 aliphatic rings. The number of ether oxygens (including phenoxy) is 2. The molecule has 2 aromatic carbocycles. The number of hydrogen-bond acceptors (Lipinski definition) is 4. The Morgan fingerprint density at radius 2 is 1.69 bits per heavy atom. The van der Waals surface area contributed by atoms with Crippen molar-refractivity contribution in [3.05, 3.63) is 65.2 Å². The van der Waals surface area contributed by atoms with Crippen LogP contribution >= 0.6 is 0 Å². The maximum atomic E-state index is 13.1. The van der Waals surface area contributed by atoms with Crippen LogP contribution in [0.15, 0.2) is 48.5 Å². The summed E-state index contributed by atoms with van der Waals surface area (Å²) in [6.45, 7) is 8.69. The second kappa shape index (κ2) is 9.74. The third kappa shape index (κ3) is 4.65. The van der Waals surface area contributed by atoms with Crippen LogP contribution in [0.1, 0.15) is 43.5 Å². The molecule has 2 aromatic rings. The van der Waals surface area contributed by atoms with Crippen LogP contribution in [0.5, 0.6) is 5.75 Å². The van der Waals surface area contributed by atoms with Crippen LogP contribution in [0.2, 0.25) is 0 Å². The molecule has 0 unspecified atom stereocenters. The second-order valence-electron chi connectivity index (χ2n) is 8.81. The largest absolute Gasteiger partial charge is 0.481 e. The highest BCUT2D eigenvalue weighted by atomic mass is 16.5. The normalized spacial score (nSPS) is 19.4. The zero-order valence-electron chi connectivity index (χ0n) is 19.1. The van der Waals surface area contributed by atoms with E-state index in [2.05, 4.69) is 18.2 Å². The Bertz CT molecular complexity index is 954. The van der Waals surface area contributed by atoms with Crippen LogP contribution in [-0.4, -0.2) is 60.6 Å². The Labute approximate surface area is 190 Å². The minimum absolute atomic E-state index is 0.0257. The standard InChI is InChI=1S/C26H32N2O4/c1-18(2)25(29)28-12-11-20-9-10-22(17-23(20)24(28)21-7-5-4-6-8-21)32-19(3)26(30)27-13-15-31-16-14-27/h4-10,17-19,24H,11-16H2,1-3H3/t19-,24-/m1/s1. The van der Waals surface area contributed by atoms with E-state index in [0.717, 1.165) is 17.5 Å². The van der Waals surface area contributed by atoms with E-state index in [9.17, 15) is 9.59 Å². The van der Waals surface area contributed by atoms with Crippen LogP contribution in [0.25, 0.3) is 0 Å². The first-order valence-electron chi connectivity index (χ1n) is 11.5. The van der Waals surface area contributed by atoms with Crippen LogP contribution in [-0.2, 0) is 20.7 Å². The number of carbonyl (C=O) groups excluding carboxylic acids is 2.